The summed E-state index contributed by atoms with van der Waals surface area (Å²) in [6.07, 6.45) is 0. The number of rotatable bonds is 5. The Hall–Kier alpha value is -1.17. The lowest BCUT2D eigenvalue weighted by Gasteiger charge is -2.12. The van der Waals surface area contributed by atoms with Crippen LogP contribution in [0.5, 0.6) is 0 Å². The summed E-state index contributed by atoms with van der Waals surface area (Å²) in [5.41, 5.74) is -0.0725. The van der Waals surface area contributed by atoms with Gasteiger partial charge in [-0.25, -0.2) is 23.1 Å². The Balaban J connectivity index is 2.83. The zero-order valence-electron chi connectivity index (χ0n) is 10.4. The van der Waals surface area contributed by atoms with Gasteiger partial charge in [0.05, 0.1) is 17.0 Å². The van der Waals surface area contributed by atoms with Crippen LogP contribution in [0.3, 0.4) is 0 Å². The van der Waals surface area contributed by atoms with E-state index in [-0.39, 0.29) is 17.8 Å². The number of aromatic carboxylic acids is 1. The maximum atomic E-state index is 11.6. The number of sulfonamides is 1. The fraction of sp³-hybridized carbons (Fsp3) is 0.200. The molecule has 0 aromatic heterocycles. The zero-order valence-corrected chi connectivity index (χ0v) is 14.4. The predicted molar refractivity (Wildman–Crippen MR) is 83.8 cm³/mol. The van der Waals surface area contributed by atoms with E-state index in [1.165, 1.54) is 6.07 Å². The summed E-state index contributed by atoms with van der Waals surface area (Å²) in [6.45, 7) is -0.193. The molecule has 0 radical (unpaired) electrons. The van der Waals surface area contributed by atoms with Gasteiger partial charge in [-0.3, -0.25) is 0 Å². The number of urea groups is 1. The number of halogens is 2. The highest BCUT2D eigenvalue weighted by Crippen LogP contribution is 2.30. The van der Waals surface area contributed by atoms with Gasteiger partial charge in [0, 0.05) is 15.5 Å². The molecule has 0 unspecified atom stereocenters. The number of nitrogens with one attached hydrogen (secondary N) is 2. The van der Waals surface area contributed by atoms with Crippen molar-refractivity contribution in [3.63, 3.8) is 0 Å². The van der Waals surface area contributed by atoms with Crippen molar-refractivity contribution in [2.45, 2.75) is 0 Å². The van der Waals surface area contributed by atoms with Crippen LogP contribution in [0.2, 0.25) is 0 Å². The van der Waals surface area contributed by atoms with Gasteiger partial charge < -0.3 is 15.7 Å². The second-order valence-corrected chi connectivity index (χ2v) is 7.37. The summed E-state index contributed by atoms with van der Waals surface area (Å²) in [5.74, 6) is -1.65. The third-order valence-corrected chi connectivity index (χ3v) is 4.05. The highest BCUT2D eigenvalue weighted by atomic mass is 79.9. The van der Waals surface area contributed by atoms with E-state index in [2.05, 4.69) is 42.5 Å². The Kier molecular flexibility index (Phi) is 6.13. The maximum Gasteiger partial charge on any atom is 0.337 e. The third-order valence-electron chi connectivity index (χ3n) is 2.20. The number of hydrogen-bond acceptors (Lipinski definition) is 4. The molecule has 0 aliphatic rings. The Morgan fingerprint density at radius 2 is 1.90 bits per heavy atom. The molecule has 0 aliphatic carbocycles. The number of primary sulfonamides is 1. The molecule has 21 heavy (non-hydrogen) atoms. The predicted octanol–water partition coefficient (Wildman–Crippen LogP) is 1.32. The van der Waals surface area contributed by atoms with Crippen molar-refractivity contribution in [3.05, 3.63) is 26.6 Å². The van der Waals surface area contributed by atoms with Gasteiger partial charge in [-0.2, -0.15) is 0 Å². The molecule has 2 amide bonds. The van der Waals surface area contributed by atoms with Crippen LogP contribution in [0.4, 0.5) is 10.5 Å². The topological polar surface area (TPSA) is 139 Å². The minimum absolute atomic E-state index is 0.0544. The molecule has 1 aromatic rings. The first-order valence-corrected chi connectivity index (χ1v) is 8.68. The Morgan fingerprint density at radius 1 is 1.29 bits per heavy atom. The Labute approximate surface area is 137 Å². The van der Waals surface area contributed by atoms with E-state index in [9.17, 15) is 18.0 Å². The van der Waals surface area contributed by atoms with Gasteiger partial charge in [-0.1, -0.05) is 15.9 Å². The van der Waals surface area contributed by atoms with E-state index < -0.39 is 27.8 Å². The van der Waals surface area contributed by atoms with Crippen LogP contribution in [0, 0.1) is 0 Å². The standard InChI is InChI=1S/C10H11Br2N3O5S/c11-5-3-6(9(16)17)8(7(12)4-5)15-10(18)14-1-2-21(13,19)20/h3-4H,1-2H2,(H,16,17)(H2,13,19,20)(H2,14,15,18). The fourth-order valence-electron chi connectivity index (χ4n) is 1.33. The third kappa shape index (κ3) is 5.99. The summed E-state index contributed by atoms with van der Waals surface area (Å²) >= 11 is 6.29. The maximum absolute atomic E-state index is 11.6. The Bertz CT molecular complexity index is 678. The summed E-state index contributed by atoms with van der Waals surface area (Å²) in [4.78, 5) is 22.8. The van der Waals surface area contributed by atoms with E-state index in [0.717, 1.165) is 0 Å². The van der Waals surface area contributed by atoms with Gasteiger partial charge in [0.25, 0.3) is 0 Å². The quantitative estimate of drug-likeness (QED) is 0.542. The SMILES string of the molecule is NS(=O)(=O)CCNC(=O)Nc1c(Br)cc(Br)cc1C(=O)O. The number of amides is 2. The zero-order chi connectivity index (χ0) is 16.2. The minimum Gasteiger partial charge on any atom is -0.478 e. The molecule has 5 N–H and O–H groups in total. The van der Waals surface area contributed by atoms with Crippen molar-refractivity contribution in [1.29, 1.82) is 0 Å². The molecule has 0 saturated carbocycles. The van der Waals surface area contributed by atoms with Crippen LogP contribution in [0.25, 0.3) is 0 Å². The molecule has 1 rings (SSSR count). The molecule has 1 aromatic carbocycles. The molecule has 0 spiro atoms. The largest absolute Gasteiger partial charge is 0.478 e. The highest BCUT2D eigenvalue weighted by molar-refractivity contribution is 9.11. The number of carbonyl (C=O) groups is 2. The number of carboxylic acids is 1. The highest BCUT2D eigenvalue weighted by Gasteiger charge is 2.17. The van der Waals surface area contributed by atoms with E-state index in [4.69, 9.17) is 10.2 Å². The first-order chi connectivity index (χ1) is 9.60. The number of hydrogen-bond donors (Lipinski definition) is 4. The van der Waals surface area contributed by atoms with E-state index in [0.29, 0.717) is 8.95 Å². The minimum atomic E-state index is -3.68. The van der Waals surface area contributed by atoms with Crippen molar-refractivity contribution in [3.8, 4) is 0 Å². The van der Waals surface area contributed by atoms with E-state index in [1.807, 2.05) is 0 Å². The summed E-state index contributed by atoms with van der Waals surface area (Å²) in [6, 6.07) is 2.14. The first-order valence-electron chi connectivity index (χ1n) is 5.38. The molecule has 0 atom stereocenters. The van der Waals surface area contributed by atoms with Crippen molar-refractivity contribution in [1.82, 2.24) is 5.32 Å². The number of carbonyl (C=O) groups excluding carboxylic acids is 1. The monoisotopic (exact) mass is 443 g/mol. The normalized spacial score (nSPS) is 11.0. The van der Waals surface area contributed by atoms with Crippen molar-refractivity contribution >= 4 is 59.6 Å². The van der Waals surface area contributed by atoms with Gasteiger partial charge in [0.2, 0.25) is 10.0 Å². The number of nitrogens with two attached hydrogens (primary N) is 1. The average molecular weight is 445 g/mol. The molecular formula is C10H11Br2N3O5S. The van der Waals surface area contributed by atoms with Crippen LogP contribution in [-0.2, 0) is 10.0 Å². The van der Waals surface area contributed by atoms with Gasteiger partial charge in [0.15, 0.2) is 0 Å². The summed E-state index contributed by atoms with van der Waals surface area (Å²) < 4.78 is 22.3. The van der Waals surface area contributed by atoms with Crippen molar-refractivity contribution < 1.29 is 23.1 Å². The summed E-state index contributed by atoms with van der Waals surface area (Å²) in [7, 11) is -3.68. The molecule has 0 fully saturated rings. The average Bonchev–Trinajstić information content (AvgIpc) is 2.30. The van der Waals surface area contributed by atoms with Crippen LogP contribution in [0.15, 0.2) is 21.1 Å². The molecular weight excluding hydrogens is 434 g/mol. The fourth-order valence-corrected chi connectivity index (χ4v) is 3.04. The number of anilines is 1. The Morgan fingerprint density at radius 3 is 2.43 bits per heavy atom. The molecule has 0 heterocycles. The lowest BCUT2D eigenvalue weighted by molar-refractivity contribution is 0.0698. The molecule has 0 bridgehead atoms. The number of benzene rings is 1. The second kappa shape index (κ2) is 7.20. The summed E-state index contributed by atoms with van der Waals surface area (Å²) in [5, 5.41) is 18.5. The van der Waals surface area contributed by atoms with Gasteiger partial charge in [-0.15, -0.1) is 0 Å². The molecule has 116 valence electrons. The van der Waals surface area contributed by atoms with Crippen molar-refractivity contribution in [2.24, 2.45) is 5.14 Å². The van der Waals surface area contributed by atoms with Gasteiger partial charge >= 0.3 is 12.0 Å². The van der Waals surface area contributed by atoms with Crippen LogP contribution in [-0.4, -0.2) is 37.8 Å². The lowest BCUT2D eigenvalue weighted by Crippen LogP contribution is -2.34. The molecule has 11 heteroatoms. The van der Waals surface area contributed by atoms with Gasteiger partial charge in [-0.05, 0) is 28.1 Å². The van der Waals surface area contributed by atoms with Gasteiger partial charge in [0.1, 0.15) is 0 Å². The molecule has 8 nitrogen and oxygen atoms in total. The molecule has 0 aliphatic heterocycles. The first kappa shape index (κ1) is 17.9. The van der Waals surface area contributed by atoms with Crippen LogP contribution < -0.4 is 15.8 Å². The second-order valence-electron chi connectivity index (χ2n) is 3.86. The number of carboxylic acid groups (broad SMARTS) is 1. The van der Waals surface area contributed by atoms with Crippen LogP contribution >= 0.6 is 31.9 Å². The van der Waals surface area contributed by atoms with E-state index in [1.54, 1.807) is 6.07 Å². The van der Waals surface area contributed by atoms with Crippen LogP contribution in [0.1, 0.15) is 10.4 Å². The lowest BCUT2D eigenvalue weighted by atomic mass is 10.2. The van der Waals surface area contributed by atoms with E-state index >= 15 is 0 Å². The van der Waals surface area contributed by atoms with Crippen molar-refractivity contribution in [2.75, 3.05) is 17.6 Å². The smallest absolute Gasteiger partial charge is 0.337 e. The molecule has 0 saturated heterocycles.